The maximum absolute atomic E-state index is 13.3. The van der Waals surface area contributed by atoms with Crippen LogP contribution in [0.1, 0.15) is 15.7 Å². The molecule has 0 bridgehead atoms. The Hall–Kier alpha value is -2.94. The first-order valence-corrected chi connectivity index (χ1v) is 11.9. The standard InChI is InChI=1S/C24H17FN2O2S3/c1-28-19-13-11-18(12-14-19)27-22-21(32-24(27)30)20(15-5-3-2-4-6-15)31-23(29-22)26-17-9-7-16(25)8-10-17/h2-14,20H,1H3. The van der Waals surface area contributed by atoms with Crippen molar-refractivity contribution in [3.63, 3.8) is 0 Å². The van der Waals surface area contributed by atoms with Crippen LogP contribution in [0.4, 0.5) is 10.1 Å². The predicted molar refractivity (Wildman–Crippen MR) is 131 cm³/mol. The SMILES string of the molecule is COc1ccc(-n2c3c(sc2=S)C(c2ccccc2)SC(=Nc2ccc(F)cc2)O3)cc1. The largest absolute Gasteiger partial charge is 0.497 e. The number of halogens is 1. The number of benzene rings is 3. The third-order valence-corrected chi connectivity index (χ3v) is 7.60. The van der Waals surface area contributed by atoms with Gasteiger partial charge in [-0.2, -0.15) is 0 Å². The minimum atomic E-state index is -0.304. The van der Waals surface area contributed by atoms with Crippen LogP contribution in [0.5, 0.6) is 11.6 Å². The van der Waals surface area contributed by atoms with Crippen molar-refractivity contribution < 1.29 is 13.9 Å². The third-order valence-electron chi connectivity index (χ3n) is 4.91. The van der Waals surface area contributed by atoms with Crippen molar-refractivity contribution in [3.8, 4) is 17.3 Å². The fraction of sp³-hybridized carbons (Fsp3) is 0.0833. The van der Waals surface area contributed by atoms with Gasteiger partial charge < -0.3 is 9.47 Å². The molecule has 1 aromatic heterocycles. The van der Waals surface area contributed by atoms with E-state index in [9.17, 15) is 4.39 Å². The number of ether oxygens (including phenoxy) is 2. The molecule has 1 atom stereocenters. The highest BCUT2D eigenvalue weighted by molar-refractivity contribution is 8.14. The van der Waals surface area contributed by atoms with Crippen LogP contribution in [-0.2, 0) is 0 Å². The van der Waals surface area contributed by atoms with Gasteiger partial charge in [-0.05, 0) is 66.3 Å². The van der Waals surface area contributed by atoms with Crippen molar-refractivity contribution in [2.24, 2.45) is 4.99 Å². The van der Waals surface area contributed by atoms with Crippen molar-refractivity contribution >= 4 is 46.2 Å². The summed E-state index contributed by atoms with van der Waals surface area (Å²) in [7, 11) is 1.64. The molecule has 0 amide bonds. The van der Waals surface area contributed by atoms with E-state index in [4.69, 9.17) is 21.7 Å². The number of hydrogen-bond donors (Lipinski definition) is 0. The molecule has 0 spiro atoms. The van der Waals surface area contributed by atoms with E-state index in [1.807, 2.05) is 47.0 Å². The fourth-order valence-electron chi connectivity index (χ4n) is 3.37. The van der Waals surface area contributed by atoms with Gasteiger partial charge in [0.2, 0.25) is 5.88 Å². The van der Waals surface area contributed by atoms with Gasteiger partial charge in [-0.1, -0.05) is 42.1 Å². The summed E-state index contributed by atoms with van der Waals surface area (Å²) < 4.78 is 27.5. The summed E-state index contributed by atoms with van der Waals surface area (Å²) in [5.41, 5.74) is 2.63. The van der Waals surface area contributed by atoms with E-state index < -0.39 is 0 Å². The molecule has 4 nitrogen and oxygen atoms in total. The Morgan fingerprint density at radius 2 is 1.72 bits per heavy atom. The second kappa shape index (κ2) is 8.90. The van der Waals surface area contributed by atoms with E-state index >= 15 is 0 Å². The van der Waals surface area contributed by atoms with E-state index in [2.05, 4.69) is 17.1 Å². The average molecular weight is 481 g/mol. The summed E-state index contributed by atoms with van der Waals surface area (Å²) in [4.78, 5) is 5.66. The molecule has 8 heteroatoms. The Labute approximate surface area is 198 Å². The first kappa shape index (κ1) is 20.9. The van der Waals surface area contributed by atoms with Crippen LogP contribution in [0.2, 0.25) is 0 Å². The summed E-state index contributed by atoms with van der Waals surface area (Å²) in [5, 5.41) is 0.457. The Kier molecular flexibility index (Phi) is 5.82. The van der Waals surface area contributed by atoms with E-state index in [0.717, 1.165) is 21.9 Å². The molecule has 1 aliphatic heterocycles. The van der Waals surface area contributed by atoms with E-state index in [1.165, 1.54) is 35.2 Å². The summed E-state index contributed by atoms with van der Waals surface area (Å²) in [5.74, 6) is 1.11. The van der Waals surface area contributed by atoms with Gasteiger partial charge in [0.1, 0.15) is 11.6 Å². The van der Waals surface area contributed by atoms with Gasteiger partial charge in [0.05, 0.1) is 28.6 Å². The molecule has 1 unspecified atom stereocenters. The van der Waals surface area contributed by atoms with Crippen molar-refractivity contribution in [3.05, 3.63) is 99.1 Å². The molecule has 160 valence electrons. The van der Waals surface area contributed by atoms with Gasteiger partial charge in [0.25, 0.3) is 5.23 Å². The number of rotatable bonds is 4. The van der Waals surface area contributed by atoms with Crippen molar-refractivity contribution in [2.45, 2.75) is 5.25 Å². The highest BCUT2D eigenvalue weighted by atomic mass is 32.2. The second-order valence-corrected chi connectivity index (χ2v) is 9.67. The van der Waals surface area contributed by atoms with Gasteiger partial charge in [-0.25, -0.2) is 9.38 Å². The molecule has 0 saturated carbocycles. The molecular formula is C24H17FN2O2S3. The maximum Gasteiger partial charge on any atom is 0.258 e. The number of aliphatic imine (C=N–C) groups is 1. The van der Waals surface area contributed by atoms with Crippen LogP contribution in [0.3, 0.4) is 0 Å². The van der Waals surface area contributed by atoms with E-state index in [-0.39, 0.29) is 11.1 Å². The van der Waals surface area contributed by atoms with E-state index in [0.29, 0.717) is 20.8 Å². The Morgan fingerprint density at radius 3 is 2.41 bits per heavy atom. The van der Waals surface area contributed by atoms with Gasteiger partial charge in [-0.3, -0.25) is 4.57 Å². The van der Waals surface area contributed by atoms with E-state index in [1.54, 1.807) is 19.2 Å². The van der Waals surface area contributed by atoms with Gasteiger partial charge in [0.15, 0.2) is 3.95 Å². The summed E-state index contributed by atoms with van der Waals surface area (Å²) in [6.07, 6.45) is 0. The van der Waals surface area contributed by atoms with Crippen LogP contribution in [0.15, 0.2) is 83.9 Å². The maximum atomic E-state index is 13.3. The van der Waals surface area contributed by atoms with Crippen LogP contribution >= 0.6 is 35.3 Å². The number of aromatic nitrogens is 1. The molecule has 3 aromatic carbocycles. The molecule has 0 aliphatic carbocycles. The molecule has 0 radical (unpaired) electrons. The zero-order valence-corrected chi connectivity index (χ0v) is 19.3. The Bertz CT molecular complexity index is 1330. The average Bonchev–Trinajstić information content (AvgIpc) is 3.16. The monoisotopic (exact) mass is 480 g/mol. The number of thioether (sulfide) groups is 1. The van der Waals surface area contributed by atoms with Crippen molar-refractivity contribution in [2.75, 3.05) is 7.11 Å². The van der Waals surface area contributed by atoms with Crippen LogP contribution in [0, 0.1) is 9.77 Å². The summed E-state index contributed by atoms with van der Waals surface area (Å²) in [6, 6.07) is 23.9. The lowest BCUT2D eigenvalue weighted by atomic mass is 10.1. The lowest BCUT2D eigenvalue weighted by Crippen LogP contribution is -2.17. The number of fused-ring (bicyclic) bond motifs is 1. The smallest absolute Gasteiger partial charge is 0.258 e. The topological polar surface area (TPSA) is 35.8 Å². The molecule has 4 aromatic rings. The zero-order chi connectivity index (χ0) is 22.1. The Balaban J connectivity index is 1.64. The summed E-state index contributed by atoms with van der Waals surface area (Å²) in [6.45, 7) is 0. The number of hydrogen-bond acceptors (Lipinski definition) is 6. The molecule has 1 aliphatic rings. The normalized spacial score (nSPS) is 16.4. The Morgan fingerprint density at radius 1 is 1.00 bits per heavy atom. The van der Waals surface area contributed by atoms with Crippen molar-refractivity contribution in [1.29, 1.82) is 0 Å². The molecule has 5 rings (SSSR count). The van der Waals surface area contributed by atoms with Crippen molar-refractivity contribution in [1.82, 2.24) is 4.57 Å². The molecule has 0 saturated heterocycles. The van der Waals surface area contributed by atoms with Crippen LogP contribution in [0.25, 0.3) is 5.69 Å². The van der Waals surface area contributed by atoms with Crippen LogP contribution in [-0.4, -0.2) is 16.9 Å². The second-order valence-electron chi connectivity index (χ2n) is 6.94. The molecule has 0 N–H and O–H groups in total. The highest BCUT2D eigenvalue weighted by Gasteiger charge is 2.33. The third kappa shape index (κ3) is 4.09. The predicted octanol–water partition coefficient (Wildman–Crippen LogP) is 7.32. The zero-order valence-electron chi connectivity index (χ0n) is 16.9. The number of methoxy groups -OCH3 is 1. The van der Waals surface area contributed by atoms with Gasteiger partial charge in [-0.15, -0.1) is 11.3 Å². The first-order valence-electron chi connectivity index (χ1n) is 9.76. The summed E-state index contributed by atoms with van der Waals surface area (Å²) >= 11 is 8.77. The quantitative estimate of drug-likeness (QED) is 0.287. The number of nitrogens with zero attached hydrogens (tertiary/aromatic N) is 2. The van der Waals surface area contributed by atoms with Gasteiger partial charge >= 0.3 is 0 Å². The molecule has 32 heavy (non-hydrogen) atoms. The fourth-order valence-corrected chi connectivity index (χ4v) is 6.04. The lowest BCUT2D eigenvalue weighted by molar-refractivity contribution is 0.414. The molecular weight excluding hydrogens is 463 g/mol. The molecule has 2 heterocycles. The first-order chi connectivity index (χ1) is 15.6. The van der Waals surface area contributed by atoms with Crippen LogP contribution < -0.4 is 9.47 Å². The molecule has 0 fully saturated rings. The highest BCUT2D eigenvalue weighted by Crippen LogP contribution is 2.49. The minimum absolute atomic E-state index is 0.0228. The minimum Gasteiger partial charge on any atom is -0.497 e. The number of thiazole rings is 1. The lowest BCUT2D eigenvalue weighted by Gasteiger charge is -2.24. The van der Waals surface area contributed by atoms with Gasteiger partial charge in [0, 0.05) is 0 Å².